The fourth-order valence-corrected chi connectivity index (χ4v) is 1.10. The van der Waals surface area contributed by atoms with Crippen LogP contribution in [0.3, 0.4) is 0 Å². The summed E-state index contributed by atoms with van der Waals surface area (Å²) in [5, 5.41) is 9.12. The summed E-state index contributed by atoms with van der Waals surface area (Å²) >= 11 is 0. The zero-order valence-corrected chi connectivity index (χ0v) is 6.94. The van der Waals surface area contributed by atoms with Crippen LogP contribution in [0.5, 0.6) is 0 Å². The first-order valence-corrected chi connectivity index (χ1v) is 3.66. The van der Waals surface area contributed by atoms with E-state index in [0.717, 1.165) is 12.1 Å². The zero-order valence-electron chi connectivity index (χ0n) is 6.94. The van der Waals surface area contributed by atoms with Gasteiger partial charge in [-0.25, -0.2) is 8.78 Å². The molecule has 3 heteroatoms. The van der Waals surface area contributed by atoms with Crippen LogP contribution in [0.25, 0.3) is 0 Å². The molecule has 1 rings (SSSR count). The lowest BCUT2D eigenvalue weighted by molar-refractivity contribution is 0.197. The molecule has 1 aromatic rings. The first-order valence-electron chi connectivity index (χ1n) is 3.66. The van der Waals surface area contributed by atoms with E-state index < -0.39 is 17.7 Å². The number of hydrogen-bond donors (Lipinski definition) is 1. The fourth-order valence-electron chi connectivity index (χ4n) is 1.10. The van der Waals surface area contributed by atoms with Gasteiger partial charge in [0.05, 0.1) is 6.10 Å². The third-order valence-corrected chi connectivity index (χ3v) is 1.80. The first kappa shape index (κ1) is 9.13. The number of aliphatic hydroxyl groups excluding tert-OH is 1. The predicted octanol–water partition coefficient (Wildman–Crippen LogP) is 2.33. The van der Waals surface area contributed by atoms with Crippen molar-refractivity contribution in [1.82, 2.24) is 0 Å². The maximum Gasteiger partial charge on any atom is 0.129 e. The highest BCUT2D eigenvalue weighted by Gasteiger charge is 2.10. The van der Waals surface area contributed by atoms with E-state index in [1.165, 1.54) is 13.8 Å². The molecule has 1 nitrogen and oxygen atoms in total. The van der Waals surface area contributed by atoms with Crippen LogP contribution in [-0.4, -0.2) is 5.11 Å². The highest BCUT2D eigenvalue weighted by Crippen LogP contribution is 2.20. The molecule has 0 heterocycles. The Morgan fingerprint density at radius 3 is 2.42 bits per heavy atom. The van der Waals surface area contributed by atoms with Gasteiger partial charge >= 0.3 is 0 Å². The van der Waals surface area contributed by atoms with Gasteiger partial charge in [0.15, 0.2) is 0 Å². The van der Waals surface area contributed by atoms with Crippen molar-refractivity contribution in [2.75, 3.05) is 0 Å². The molecule has 0 spiro atoms. The minimum atomic E-state index is -0.838. The number of benzene rings is 1. The van der Waals surface area contributed by atoms with Gasteiger partial charge in [-0.15, -0.1) is 0 Å². The molecule has 0 amide bonds. The summed E-state index contributed by atoms with van der Waals surface area (Å²) in [7, 11) is 0. The quantitative estimate of drug-likeness (QED) is 0.689. The van der Waals surface area contributed by atoms with Crippen molar-refractivity contribution in [3.05, 3.63) is 34.9 Å². The monoisotopic (exact) mass is 172 g/mol. The van der Waals surface area contributed by atoms with Crippen LogP contribution < -0.4 is 0 Å². The Labute approximate surface area is 69.7 Å². The molecular weight excluding hydrogens is 162 g/mol. The summed E-state index contributed by atoms with van der Waals surface area (Å²) in [5.41, 5.74) is 0.596. The summed E-state index contributed by atoms with van der Waals surface area (Å²) in [6.07, 6.45) is -0.838. The summed E-state index contributed by atoms with van der Waals surface area (Å²) in [5.74, 6) is -1.28. The van der Waals surface area contributed by atoms with Gasteiger partial charge in [0.2, 0.25) is 0 Å². The van der Waals surface area contributed by atoms with E-state index >= 15 is 0 Å². The molecule has 1 N–H and O–H groups in total. The van der Waals surface area contributed by atoms with Gasteiger partial charge in [0.1, 0.15) is 11.6 Å². The number of halogens is 2. The molecule has 0 bridgehead atoms. The summed E-state index contributed by atoms with van der Waals surface area (Å²) < 4.78 is 25.5. The van der Waals surface area contributed by atoms with Gasteiger partial charge in [-0.1, -0.05) is 0 Å². The molecule has 0 saturated carbocycles. The normalized spacial score (nSPS) is 13.1. The predicted molar refractivity (Wildman–Crippen MR) is 41.7 cm³/mol. The van der Waals surface area contributed by atoms with Gasteiger partial charge in [-0.2, -0.15) is 0 Å². The van der Waals surface area contributed by atoms with Crippen LogP contribution in [0.2, 0.25) is 0 Å². The Morgan fingerprint density at radius 2 is 1.92 bits per heavy atom. The zero-order chi connectivity index (χ0) is 9.30. The highest BCUT2D eigenvalue weighted by atomic mass is 19.1. The third-order valence-electron chi connectivity index (χ3n) is 1.80. The Balaban J connectivity index is 3.28. The van der Waals surface area contributed by atoms with Crippen LogP contribution in [-0.2, 0) is 0 Å². The van der Waals surface area contributed by atoms with E-state index in [1.807, 2.05) is 0 Å². The standard InChI is InChI=1S/C9H10F2O/c1-5-8(6(2)12)3-7(10)4-9(5)11/h3-4,6,12H,1-2H3/t6-/m1/s1. The van der Waals surface area contributed by atoms with E-state index in [9.17, 15) is 8.78 Å². The second-order valence-electron chi connectivity index (χ2n) is 2.78. The summed E-state index contributed by atoms with van der Waals surface area (Å²) in [4.78, 5) is 0. The topological polar surface area (TPSA) is 20.2 Å². The fraction of sp³-hybridized carbons (Fsp3) is 0.333. The van der Waals surface area contributed by atoms with E-state index in [4.69, 9.17) is 5.11 Å². The van der Waals surface area contributed by atoms with Gasteiger partial charge in [-0.05, 0) is 31.0 Å². The average Bonchev–Trinajstić information content (AvgIpc) is 1.96. The van der Waals surface area contributed by atoms with Crippen LogP contribution in [0, 0.1) is 18.6 Å². The van der Waals surface area contributed by atoms with E-state index in [-0.39, 0.29) is 0 Å². The highest BCUT2D eigenvalue weighted by molar-refractivity contribution is 5.29. The Hall–Kier alpha value is -0.960. The summed E-state index contributed by atoms with van der Waals surface area (Å²) in [6, 6.07) is 1.95. The van der Waals surface area contributed by atoms with Crippen molar-refractivity contribution in [3.63, 3.8) is 0 Å². The molecule has 0 aliphatic heterocycles. The molecule has 0 aliphatic rings. The molecule has 0 unspecified atom stereocenters. The van der Waals surface area contributed by atoms with Crippen molar-refractivity contribution in [3.8, 4) is 0 Å². The van der Waals surface area contributed by atoms with Gasteiger partial charge < -0.3 is 5.11 Å². The molecule has 12 heavy (non-hydrogen) atoms. The molecule has 1 atom stereocenters. The van der Waals surface area contributed by atoms with Gasteiger partial charge in [0, 0.05) is 6.07 Å². The second kappa shape index (κ2) is 3.19. The molecule has 0 saturated heterocycles. The Morgan fingerprint density at radius 1 is 1.33 bits per heavy atom. The molecular formula is C9H10F2O. The van der Waals surface area contributed by atoms with Crippen LogP contribution in [0.15, 0.2) is 12.1 Å². The van der Waals surface area contributed by atoms with Crippen molar-refractivity contribution < 1.29 is 13.9 Å². The third kappa shape index (κ3) is 1.61. The number of aliphatic hydroxyl groups is 1. The SMILES string of the molecule is Cc1c(F)cc(F)cc1[C@@H](C)O. The largest absolute Gasteiger partial charge is 0.389 e. The van der Waals surface area contributed by atoms with E-state index in [0.29, 0.717) is 11.1 Å². The van der Waals surface area contributed by atoms with Gasteiger partial charge in [-0.3, -0.25) is 0 Å². The van der Waals surface area contributed by atoms with E-state index in [1.54, 1.807) is 0 Å². The minimum absolute atomic E-state index is 0.298. The van der Waals surface area contributed by atoms with E-state index in [2.05, 4.69) is 0 Å². The van der Waals surface area contributed by atoms with Crippen molar-refractivity contribution >= 4 is 0 Å². The number of rotatable bonds is 1. The van der Waals surface area contributed by atoms with Crippen LogP contribution in [0.1, 0.15) is 24.2 Å². The maximum absolute atomic E-state index is 12.8. The van der Waals surface area contributed by atoms with Crippen LogP contribution in [0.4, 0.5) is 8.78 Å². The molecule has 0 aromatic heterocycles. The smallest absolute Gasteiger partial charge is 0.129 e. The Bertz CT molecular complexity index is 295. The molecule has 0 aliphatic carbocycles. The van der Waals surface area contributed by atoms with Crippen molar-refractivity contribution in [2.24, 2.45) is 0 Å². The van der Waals surface area contributed by atoms with Crippen molar-refractivity contribution in [2.45, 2.75) is 20.0 Å². The molecule has 1 aromatic carbocycles. The molecule has 66 valence electrons. The lowest BCUT2D eigenvalue weighted by Crippen LogP contribution is -1.98. The number of hydrogen-bond acceptors (Lipinski definition) is 1. The van der Waals surface area contributed by atoms with Crippen molar-refractivity contribution in [1.29, 1.82) is 0 Å². The lowest BCUT2D eigenvalue weighted by atomic mass is 10.0. The molecule has 0 fully saturated rings. The summed E-state index contributed by atoms with van der Waals surface area (Å²) in [6.45, 7) is 2.98. The van der Waals surface area contributed by atoms with Crippen LogP contribution >= 0.6 is 0 Å². The second-order valence-corrected chi connectivity index (χ2v) is 2.78. The minimum Gasteiger partial charge on any atom is -0.389 e. The lowest BCUT2D eigenvalue weighted by Gasteiger charge is -2.09. The molecule has 0 radical (unpaired) electrons. The first-order chi connectivity index (χ1) is 5.52. The maximum atomic E-state index is 12.8. The Kier molecular flexibility index (Phi) is 2.43. The van der Waals surface area contributed by atoms with Gasteiger partial charge in [0.25, 0.3) is 0 Å². The average molecular weight is 172 g/mol.